The molecule has 0 amide bonds. The highest BCUT2D eigenvalue weighted by atomic mass is 32.1. The van der Waals surface area contributed by atoms with Gasteiger partial charge in [0.15, 0.2) is 5.41 Å². The first kappa shape index (κ1) is 25.6. The van der Waals surface area contributed by atoms with Gasteiger partial charge in [0.05, 0.1) is 24.5 Å². The van der Waals surface area contributed by atoms with E-state index in [2.05, 4.69) is 5.32 Å². The molecule has 1 aliphatic rings. The van der Waals surface area contributed by atoms with Crippen LogP contribution in [0.5, 0.6) is 0 Å². The molecule has 0 saturated carbocycles. The SMILES string of the molecule is CCOC(=O)C1=C(C)NC(C)C(C(=O)OCC)(c2nc(-c3ccc(C)cc3)cs2)C1c1ccccc1. The molecule has 1 N–H and O–H groups in total. The third-order valence-corrected chi connectivity index (χ3v) is 7.70. The number of esters is 2. The molecule has 1 aromatic heterocycles. The topological polar surface area (TPSA) is 77.5 Å². The molecule has 3 unspecified atom stereocenters. The van der Waals surface area contributed by atoms with Crippen LogP contribution in [0.25, 0.3) is 11.3 Å². The second-order valence-electron chi connectivity index (χ2n) is 8.96. The van der Waals surface area contributed by atoms with Crippen LogP contribution in [-0.2, 0) is 24.5 Å². The lowest BCUT2D eigenvalue weighted by Gasteiger charge is -2.46. The van der Waals surface area contributed by atoms with Crippen molar-refractivity contribution in [2.24, 2.45) is 0 Å². The van der Waals surface area contributed by atoms with Crippen LogP contribution in [0, 0.1) is 6.92 Å². The maximum atomic E-state index is 14.1. The average molecular weight is 505 g/mol. The van der Waals surface area contributed by atoms with Crippen molar-refractivity contribution >= 4 is 23.3 Å². The van der Waals surface area contributed by atoms with Crippen molar-refractivity contribution in [3.05, 3.63) is 87.4 Å². The second-order valence-corrected chi connectivity index (χ2v) is 9.82. The van der Waals surface area contributed by atoms with Crippen molar-refractivity contribution in [2.75, 3.05) is 13.2 Å². The Morgan fingerprint density at radius 3 is 2.31 bits per heavy atom. The third-order valence-electron chi connectivity index (χ3n) is 6.71. The van der Waals surface area contributed by atoms with Gasteiger partial charge in [-0.25, -0.2) is 9.78 Å². The summed E-state index contributed by atoms with van der Waals surface area (Å²) in [5, 5.41) is 5.96. The maximum absolute atomic E-state index is 14.1. The summed E-state index contributed by atoms with van der Waals surface area (Å²) < 4.78 is 11.2. The standard InChI is InChI=1S/C29H32N2O4S/c1-6-34-26(32)24-19(4)30-20(5)29(28(33)35-7-2,25(24)22-11-9-8-10-12-22)27-31-23(17-36-27)21-15-13-18(3)14-16-21/h8-17,20,25,30H,6-7H2,1-5H3. The molecule has 0 saturated heterocycles. The minimum atomic E-state index is -1.29. The Bertz CT molecular complexity index is 1270. The quantitative estimate of drug-likeness (QED) is 0.426. The Balaban J connectivity index is 1.99. The summed E-state index contributed by atoms with van der Waals surface area (Å²) >= 11 is 1.41. The van der Waals surface area contributed by atoms with Gasteiger partial charge in [0.25, 0.3) is 0 Å². The molecule has 0 radical (unpaired) electrons. The Morgan fingerprint density at radius 2 is 1.67 bits per heavy atom. The van der Waals surface area contributed by atoms with Crippen LogP contribution in [-0.4, -0.2) is 36.2 Å². The predicted octanol–water partition coefficient (Wildman–Crippen LogP) is 5.53. The Hall–Kier alpha value is -3.45. The zero-order valence-electron chi connectivity index (χ0n) is 21.3. The van der Waals surface area contributed by atoms with E-state index >= 15 is 0 Å². The number of benzene rings is 2. The van der Waals surface area contributed by atoms with Gasteiger partial charge in [-0.05, 0) is 40.2 Å². The van der Waals surface area contributed by atoms with E-state index in [0.717, 1.165) is 22.4 Å². The van der Waals surface area contributed by atoms with Crippen molar-refractivity contribution in [1.29, 1.82) is 0 Å². The molecule has 6 nitrogen and oxygen atoms in total. The number of ether oxygens (including phenoxy) is 2. The van der Waals surface area contributed by atoms with Crippen molar-refractivity contribution in [2.45, 2.75) is 52.0 Å². The number of carbonyl (C=O) groups excluding carboxylic acids is 2. The van der Waals surface area contributed by atoms with Crippen LogP contribution in [0.3, 0.4) is 0 Å². The minimum absolute atomic E-state index is 0.211. The minimum Gasteiger partial charge on any atom is -0.465 e. The lowest BCUT2D eigenvalue weighted by Crippen LogP contribution is -2.60. The summed E-state index contributed by atoms with van der Waals surface area (Å²) in [7, 11) is 0. The number of nitrogens with zero attached hydrogens (tertiary/aromatic N) is 1. The zero-order valence-corrected chi connectivity index (χ0v) is 22.1. The Kier molecular flexibility index (Phi) is 7.59. The van der Waals surface area contributed by atoms with Gasteiger partial charge in [-0.3, -0.25) is 4.79 Å². The first-order valence-corrected chi connectivity index (χ1v) is 13.1. The lowest BCUT2D eigenvalue weighted by atomic mass is 9.62. The summed E-state index contributed by atoms with van der Waals surface area (Å²) in [6, 6.07) is 17.3. The first-order chi connectivity index (χ1) is 17.3. The van der Waals surface area contributed by atoms with Crippen LogP contribution >= 0.6 is 11.3 Å². The molecule has 2 heterocycles. The molecule has 0 fully saturated rings. The van der Waals surface area contributed by atoms with E-state index in [1.807, 2.05) is 80.7 Å². The van der Waals surface area contributed by atoms with E-state index in [1.165, 1.54) is 11.3 Å². The fourth-order valence-electron chi connectivity index (χ4n) is 5.03. The van der Waals surface area contributed by atoms with Gasteiger partial charge in [0.2, 0.25) is 0 Å². The lowest BCUT2D eigenvalue weighted by molar-refractivity contribution is -0.153. The van der Waals surface area contributed by atoms with Gasteiger partial charge in [0.1, 0.15) is 5.01 Å². The molecule has 0 aliphatic carbocycles. The Morgan fingerprint density at radius 1 is 1.00 bits per heavy atom. The molecule has 2 aromatic carbocycles. The number of carbonyl (C=O) groups is 2. The highest BCUT2D eigenvalue weighted by Gasteiger charge is 2.60. The molecule has 0 spiro atoms. The molecule has 36 heavy (non-hydrogen) atoms. The van der Waals surface area contributed by atoms with Crippen LogP contribution in [0.4, 0.5) is 0 Å². The number of aromatic nitrogens is 1. The number of allylic oxidation sites excluding steroid dienone is 1. The second kappa shape index (κ2) is 10.7. The van der Waals surface area contributed by atoms with Gasteiger partial charge in [-0.2, -0.15) is 0 Å². The van der Waals surface area contributed by atoms with Gasteiger partial charge in [-0.1, -0.05) is 60.2 Å². The largest absolute Gasteiger partial charge is 0.465 e. The summed E-state index contributed by atoms with van der Waals surface area (Å²) in [6.45, 7) is 9.85. The molecular formula is C29H32N2O4S. The smallest absolute Gasteiger partial charge is 0.336 e. The molecule has 1 aliphatic heterocycles. The van der Waals surface area contributed by atoms with E-state index in [1.54, 1.807) is 13.8 Å². The summed E-state index contributed by atoms with van der Waals surface area (Å²) in [5.74, 6) is -1.52. The summed E-state index contributed by atoms with van der Waals surface area (Å²) in [4.78, 5) is 32.4. The number of thiazole rings is 1. The van der Waals surface area contributed by atoms with E-state index < -0.39 is 29.3 Å². The number of hydrogen-bond donors (Lipinski definition) is 1. The van der Waals surface area contributed by atoms with Gasteiger partial charge in [-0.15, -0.1) is 11.3 Å². The van der Waals surface area contributed by atoms with E-state index in [-0.39, 0.29) is 13.2 Å². The zero-order chi connectivity index (χ0) is 25.9. The van der Waals surface area contributed by atoms with Crippen molar-refractivity contribution in [3.63, 3.8) is 0 Å². The predicted molar refractivity (Wildman–Crippen MR) is 142 cm³/mol. The Labute approximate surface area is 216 Å². The average Bonchev–Trinajstić information content (AvgIpc) is 3.35. The van der Waals surface area contributed by atoms with Crippen LogP contribution in [0.15, 0.2) is 71.2 Å². The van der Waals surface area contributed by atoms with Gasteiger partial charge >= 0.3 is 11.9 Å². The fourth-order valence-corrected chi connectivity index (χ4v) is 6.16. The highest BCUT2D eigenvalue weighted by molar-refractivity contribution is 7.10. The number of aryl methyl sites for hydroxylation is 1. The molecule has 3 aromatic rings. The molecule has 7 heteroatoms. The normalized spacial score (nSPS) is 21.6. The number of rotatable bonds is 7. The molecule has 188 valence electrons. The highest BCUT2D eigenvalue weighted by Crippen LogP contribution is 2.52. The summed E-state index contributed by atoms with van der Waals surface area (Å²) in [5.41, 5.74) is 3.55. The first-order valence-electron chi connectivity index (χ1n) is 12.2. The van der Waals surface area contributed by atoms with Crippen LogP contribution < -0.4 is 5.32 Å². The maximum Gasteiger partial charge on any atom is 0.336 e. The van der Waals surface area contributed by atoms with Crippen molar-refractivity contribution in [3.8, 4) is 11.3 Å². The van der Waals surface area contributed by atoms with E-state index in [9.17, 15) is 9.59 Å². The van der Waals surface area contributed by atoms with Crippen molar-refractivity contribution < 1.29 is 19.1 Å². The van der Waals surface area contributed by atoms with Crippen LogP contribution in [0.1, 0.15) is 49.7 Å². The number of nitrogens with one attached hydrogen (secondary N) is 1. The molecule has 4 rings (SSSR count). The third kappa shape index (κ3) is 4.44. The van der Waals surface area contributed by atoms with Crippen molar-refractivity contribution in [1.82, 2.24) is 10.3 Å². The van der Waals surface area contributed by atoms with Crippen LogP contribution in [0.2, 0.25) is 0 Å². The molecule has 3 atom stereocenters. The van der Waals surface area contributed by atoms with E-state index in [4.69, 9.17) is 14.5 Å². The van der Waals surface area contributed by atoms with E-state index in [0.29, 0.717) is 16.3 Å². The monoisotopic (exact) mass is 504 g/mol. The van der Waals surface area contributed by atoms with Gasteiger partial charge < -0.3 is 14.8 Å². The summed E-state index contributed by atoms with van der Waals surface area (Å²) in [6.07, 6.45) is 0. The number of hydrogen-bond acceptors (Lipinski definition) is 7. The fraction of sp³-hybridized carbons (Fsp3) is 0.345. The molecule has 0 bridgehead atoms. The van der Waals surface area contributed by atoms with Gasteiger partial charge in [0, 0.05) is 28.6 Å². The molecular weight excluding hydrogens is 472 g/mol.